The Balaban J connectivity index is 1.20. The van der Waals surface area contributed by atoms with Crippen LogP contribution in [0, 0.1) is 0 Å². The van der Waals surface area contributed by atoms with Gasteiger partial charge in [-0.05, 0) is 0 Å². The van der Waals surface area contributed by atoms with Crippen LogP contribution >= 0.6 is 7.75 Å². The van der Waals surface area contributed by atoms with Gasteiger partial charge in [0.1, 0.15) is 54.5 Å². The first kappa shape index (κ1) is 31.6. The van der Waals surface area contributed by atoms with Gasteiger partial charge in [-0.2, -0.15) is 0 Å². The third-order valence-corrected chi connectivity index (χ3v) is 10.6. The molecule has 0 aromatic carbocycles. The number of anilines is 2. The number of methoxy groups -OCH3 is 2. The highest BCUT2D eigenvalue weighted by atomic mass is 32.2. The third-order valence-electron chi connectivity index (χ3n) is 7.35. The molecule has 5 N–H and O–H groups in total. The van der Waals surface area contributed by atoms with Crippen LogP contribution in [0.4, 0.5) is 11.6 Å². The SMILES string of the molecule is COCC1O[C@@H](n2cnc3c(N)ncnc32)C[C@H]1OP(=O)(NS(C)(=O)=O)OCC1O[C@@H](n2cnc3c(N)ncnc32)C[C@H]1OC. The molecular formula is C23H32N11O9PS. The van der Waals surface area contributed by atoms with E-state index in [1.807, 2.05) is 4.49 Å². The summed E-state index contributed by atoms with van der Waals surface area (Å²) >= 11 is 0. The molecule has 0 saturated carbocycles. The molecule has 0 radical (unpaired) electrons. The van der Waals surface area contributed by atoms with Crippen LogP contribution in [0.15, 0.2) is 25.3 Å². The monoisotopic (exact) mass is 669 g/mol. The summed E-state index contributed by atoms with van der Waals surface area (Å²) in [7, 11) is -5.69. The summed E-state index contributed by atoms with van der Waals surface area (Å²) in [6, 6.07) is 0. The van der Waals surface area contributed by atoms with Crippen molar-refractivity contribution in [1.82, 2.24) is 43.5 Å². The van der Waals surface area contributed by atoms with E-state index < -0.39 is 54.6 Å². The number of hydrogen-bond donors (Lipinski definition) is 3. The van der Waals surface area contributed by atoms with E-state index in [1.54, 1.807) is 9.13 Å². The lowest BCUT2D eigenvalue weighted by Crippen LogP contribution is -2.34. The van der Waals surface area contributed by atoms with E-state index in [0.29, 0.717) is 28.7 Å². The first-order chi connectivity index (χ1) is 21.5. The summed E-state index contributed by atoms with van der Waals surface area (Å²) in [5, 5.41) is 0. The Morgan fingerprint density at radius 1 is 0.889 bits per heavy atom. The zero-order valence-electron chi connectivity index (χ0n) is 24.4. The maximum atomic E-state index is 14.0. The average Bonchev–Trinajstić information content (AvgIpc) is 3.76. The maximum Gasteiger partial charge on any atom is 0.419 e. The smallest absolute Gasteiger partial charge is 0.382 e. The first-order valence-electron chi connectivity index (χ1n) is 13.6. The van der Waals surface area contributed by atoms with Crippen molar-refractivity contribution in [3.63, 3.8) is 0 Å². The summed E-state index contributed by atoms with van der Waals surface area (Å²) in [4.78, 5) is 24.9. The standard InChI is InChI=1S/C23H32N11O9PS/c1-38-6-14-13(5-17(41-14)34-11-31-19-21(25)27-9-29-23(19)34)43-44(35,32-45(3,36)37)40-7-15-12(39-2)4-16(42-15)33-10-30-18-20(24)26-8-28-22(18)33/h8-17H,4-7H2,1-3H3,(H,32,35)(H2,24,26,28)(H2,25,27,29)/t12-,13-,14?,15?,16-,17-,44?/m1/s1. The lowest BCUT2D eigenvalue weighted by molar-refractivity contribution is -0.0585. The summed E-state index contributed by atoms with van der Waals surface area (Å²) in [6.45, 7) is -0.317. The quantitative estimate of drug-likeness (QED) is 0.169. The van der Waals surface area contributed by atoms with Crippen molar-refractivity contribution in [2.45, 2.75) is 49.7 Å². The molecule has 7 atom stereocenters. The van der Waals surface area contributed by atoms with Gasteiger partial charge >= 0.3 is 7.75 Å². The number of hydrogen-bond acceptors (Lipinski definition) is 17. The highest BCUT2D eigenvalue weighted by Gasteiger charge is 2.45. The molecule has 6 heterocycles. The van der Waals surface area contributed by atoms with Crippen LogP contribution in [0.1, 0.15) is 25.3 Å². The molecule has 2 saturated heterocycles. The van der Waals surface area contributed by atoms with Crippen molar-refractivity contribution in [2.24, 2.45) is 0 Å². The third kappa shape index (κ3) is 6.48. The second-order valence-corrected chi connectivity index (χ2v) is 14.2. The first-order valence-corrected chi connectivity index (χ1v) is 17.0. The maximum absolute atomic E-state index is 14.0. The fraction of sp³-hybridized carbons (Fsp3) is 0.565. The van der Waals surface area contributed by atoms with Crippen molar-refractivity contribution in [3.05, 3.63) is 25.3 Å². The minimum absolute atomic E-state index is 0.0376. The zero-order valence-corrected chi connectivity index (χ0v) is 26.1. The average molecular weight is 670 g/mol. The van der Waals surface area contributed by atoms with E-state index in [4.69, 9.17) is 39.5 Å². The van der Waals surface area contributed by atoms with Crippen LogP contribution in [0.3, 0.4) is 0 Å². The summed E-state index contributed by atoms with van der Waals surface area (Å²) in [5.41, 5.74) is 13.5. The molecule has 6 rings (SSSR count). The largest absolute Gasteiger partial charge is 0.419 e. The van der Waals surface area contributed by atoms with Gasteiger partial charge in [0.05, 0.1) is 38.2 Å². The molecule has 244 valence electrons. The van der Waals surface area contributed by atoms with E-state index in [9.17, 15) is 13.0 Å². The molecule has 0 aliphatic carbocycles. The highest BCUT2D eigenvalue weighted by molar-refractivity contribution is 7.94. The number of imidazole rings is 2. The fourth-order valence-electron chi connectivity index (χ4n) is 5.36. The Hall–Kier alpha value is -3.40. The Morgan fingerprint density at radius 3 is 1.93 bits per heavy atom. The second-order valence-electron chi connectivity index (χ2n) is 10.4. The van der Waals surface area contributed by atoms with Crippen molar-refractivity contribution >= 4 is 51.7 Å². The molecule has 20 nitrogen and oxygen atoms in total. The van der Waals surface area contributed by atoms with Gasteiger partial charge < -0.3 is 30.4 Å². The number of ether oxygens (including phenoxy) is 4. The number of nitrogens with zero attached hydrogens (tertiary/aromatic N) is 8. The van der Waals surface area contributed by atoms with Gasteiger partial charge in [0.15, 0.2) is 22.9 Å². The molecule has 22 heteroatoms. The van der Waals surface area contributed by atoms with Crippen LogP contribution < -0.4 is 16.0 Å². The molecule has 2 aliphatic heterocycles. The summed E-state index contributed by atoms with van der Waals surface area (Å²) in [6.07, 6.45) is 2.63. The normalized spacial score (nSPS) is 27.0. The number of fused-ring (bicyclic) bond motifs is 2. The number of nitrogens with two attached hydrogens (primary N) is 2. The molecule has 0 bridgehead atoms. The molecule has 4 aromatic heterocycles. The van der Waals surface area contributed by atoms with E-state index in [1.165, 1.54) is 39.5 Å². The lowest BCUT2D eigenvalue weighted by atomic mass is 10.2. The number of rotatable bonds is 12. The minimum atomic E-state index is -4.56. The van der Waals surface area contributed by atoms with Crippen molar-refractivity contribution in [1.29, 1.82) is 0 Å². The van der Waals surface area contributed by atoms with E-state index >= 15 is 0 Å². The Kier molecular flexibility index (Phi) is 8.71. The van der Waals surface area contributed by atoms with Crippen molar-refractivity contribution in [3.8, 4) is 0 Å². The van der Waals surface area contributed by atoms with Crippen LogP contribution in [0.2, 0.25) is 0 Å². The Morgan fingerprint density at radius 2 is 1.42 bits per heavy atom. The Bertz CT molecular complexity index is 1840. The van der Waals surface area contributed by atoms with Gasteiger partial charge in [-0.15, -0.1) is 4.49 Å². The number of sulfonamides is 1. The molecule has 0 amide bonds. The van der Waals surface area contributed by atoms with Gasteiger partial charge in [-0.25, -0.2) is 42.9 Å². The fourth-order valence-corrected chi connectivity index (χ4v) is 8.35. The van der Waals surface area contributed by atoms with Gasteiger partial charge in [-0.3, -0.25) is 18.2 Å². The molecule has 3 unspecified atom stereocenters. The van der Waals surface area contributed by atoms with Gasteiger partial charge in [0.25, 0.3) is 0 Å². The Labute approximate surface area is 256 Å². The van der Waals surface area contributed by atoms with Gasteiger partial charge in [0.2, 0.25) is 10.0 Å². The van der Waals surface area contributed by atoms with Crippen LogP contribution in [0.25, 0.3) is 22.3 Å². The number of nitrogen functional groups attached to an aromatic ring is 2. The van der Waals surface area contributed by atoms with E-state index in [0.717, 1.165) is 6.26 Å². The second kappa shape index (κ2) is 12.4. The number of nitrogens with one attached hydrogen (secondary N) is 1. The van der Waals surface area contributed by atoms with E-state index in [2.05, 4.69) is 29.9 Å². The van der Waals surface area contributed by atoms with Gasteiger partial charge in [-0.1, -0.05) is 0 Å². The summed E-state index contributed by atoms with van der Waals surface area (Å²) in [5.74, 6) is 0.408. The molecule has 2 fully saturated rings. The highest BCUT2D eigenvalue weighted by Crippen LogP contribution is 2.50. The minimum Gasteiger partial charge on any atom is -0.382 e. The predicted octanol–water partition coefficient (Wildman–Crippen LogP) is 0.126. The molecule has 45 heavy (non-hydrogen) atoms. The predicted molar refractivity (Wildman–Crippen MR) is 156 cm³/mol. The molecule has 4 aromatic rings. The molecule has 2 aliphatic rings. The van der Waals surface area contributed by atoms with Crippen LogP contribution in [-0.2, 0) is 42.6 Å². The summed E-state index contributed by atoms with van der Waals surface area (Å²) < 4.78 is 78.8. The van der Waals surface area contributed by atoms with Crippen molar-refractivity contribution in [2.75, 3.05) is 45.2 Å². The zero-order chi connectivity index (χ0) is 31.9. The van der Waals surface area contributed by atoms with E-state index in [-0.39, 0.29) is 31.3 Å². The van der Waals surface area contributed by atoms with Crippen LogP contribution in [0.5, 0.6) is 0 Å². The molecular weight excluding hydrogens is 637 g/mol. The lowest BCUT2D eigenvalue weighted by Gasteiger charge is -2.26. The topological polar surface area (TPSA) is 258 Å². The van der Waals surface area contributed by atoms with Crippen molar-refractivity contribution < 1.29 is 41.0 Å². The molecule has 0 spiro atoms. The number of aromatic nitrogens is 8. The van der Waals surface area contributed by atoms with Crippen LogP contribution in [-0.4, -0.2) is 106 Å². The van der Waals surface area contributed by atoms with Gasteiger partial charge in [0, 0.05) is 27.1 Å².